The van der Waals surface area contributed by atoms with Gasteiger partial charge in [-0.05, 0) is 34.6 Å². The lowest BCUT2D eigenvalue weighted by atomic mass is 10.1. The predicted molar refractivity (Wildman–Crippen MR) is 53.0 cm³/mol. The Morgan fingerprint density at radius 3 is 2.15 bits per heavy atom. The van der Waals surface area contributed by atoms with Crippen molar-refractivity contribution in [1.82, 2.24) is 5.06 Å². The van der Waals surface area contributed by atoms with Crippen LogP contribution in [-0.2, 0) is 9.63 Å². The summed E-state index contributed by atoms with van der Waals surface area (Å²) >= 11 is 0. The zero-order valence-electron chi connectivity index (χ0n) is 9.18. The summed E-state index contributed by atoms with van der Waals surface area (Å²) in [6.45, 7) is 13.7. The Labute approximate surface area is 80.3 Å². The van der Waals surface area contributed by atoms with Gasteiger partial charge in [-0.3, -0.25) is 0 Å². The smallest absolute Gasteiger partial charge is 0.352 e. The second kappa shape index (κ2) is 4.42. The molecule has 0 aliphatic rings. The van der Waals surface area contributed by atoms with Crippen molar-refractivity contribution in [1.29, 1.82) is 0 Å². The van der Waals surface area contributed by atoms with E-state index in [9.17, 15) is 4.79 Å². The largest absolute Gasteiger partial charge is 0.364 e. The van der Waals surface area contributed by atoms with Crippen LogP contribution >= 0.6 is 0 Å². The second-order valence-corrected chi connectivity index (χ2v) is 4.02. The van der Waals surface area contributed by atoms with Crippen LogP contribution in [-0.4, -0.2) is 23.1 Å². The fourth-order valence-corrected chi connectivity index (χ4v) is 0.854. The molecule has 0 aliphatic carbocycles. The van der Waals surface area contributed by atoms with E-state index in [0.717, 1.165) is 0 Å². The molecule has 0 amide bonds. The molecular formula is C10H19NO2. The van der Waals surface area contributed by atoms with Crippen molar-refractivity contribution >= 4 is 5.97 Å². The van der Waals surface area contributed by atoms with Crippen molar-refractivity contribution in [3.8, 4) is 0 Å². The standard InChI is InChI=1S/C10H19NO2/c1-7-11(10(4,5)6)13-9(12)8(2)3/h2,7H2,1,3-6H3. The van der Waals surface area contributed by atoms with Crippen LogP contribution in [0.1, 0.15) is 34.6 Å². The molecule has 76 valence electrons. The summed E-state index contributed by atoms with van der Waals surface area (Å²) < 4.78 is 0. The lowest BCUT2D eigenvalue weighted by Gasteiger charge is -2.32. The maximum Gasteiger partial charge on any atom is 0.352 e. The van der Waals surface area contributed by atoms with Crippen LogP contribution in [0.2, 0.25) is 0 Å². The maximum absolute atomic E-state index is 11.2. The molecule has 0 heterocycles. The van der Waals surface area contributed by atoms with Gasteiger partial charge in [0, 0.05) is 17.7 Å². The molecule has 0 saturated heterocycles. The minimum Gasteiger partial charge on any atom is -0.364 e. The molecular weight excluding hydrogens is 166 g/mol. The number of carbonyl (C=O) groups excluding carboxylic acids is 1. The average molecular weight is 185 g/mol. The number of hydrogen-bond acceptors (Lipinski definition) is 3. The number of hydroxylamine groups is 2. The predicted octanol–water partition coefficient (Wildman–Crippen LogP) is 2.14. The molecule has 3 heteroatoms. The molecule has 0 radical (unpaired) electrons. The third-order valence-corrected chi connectivity index (χ3v) is 1.58. The van der Waals surface area contributed by atoms with Gasteiger partial charge in [0.15, 0.2) is 0 Å². The summed E-state index contributed by atoms with van der Waals surface area (Å²) in [6, 6.07) is 0. The SMILES string of the molecule is C=C(C)C(=O)ON(CC)C(C)(C)C. The van der Waals surface area contributed by atoms with Crippen LogP contribution < -0.4 is 0 Å². The molecule has 13 heavy (non-hydrogen) atoms. The molecule has 0 aromatic rings. The van der Waals surface area contributed by atoms with Gasteiger partial charge in [-0.1, -0.05) is 6.58 Å². The Morgan fingerprint density at radius 2 is 1.92 bits per heavy atom. The summed E-state index contributed by atoms with van der Waals surface area (Å²) in [4.78, 5) is 16.3. The number of rotatable bonds is 3. The molecule has 0 aliphatic heterocycles. The van der Waals surface area contributed by atoms with Crippen molar-refractivity contribution in [3.05, 3.63) is 12.2 Å². The Bertz CT molecular complexity index is 203. The summed E-state index contributed by atoms with van der Waals surface area (Å²) in [5.41, 5.74) is 0.252. The number of nitrogens with zero attached hydrogens (tertiary/aromatic N) is 1. The van der Waals surface area contributed by atoms with Crippen molar-refractivity contribution in [2.45, 2.75) is 40.2 Å². The average Bonchev–Trinajstić information content (AvgIpc) is 1.96. The van der Waals surface area contributed by atoms with Gasteiger partial charge in [0.2, 0.25) is 0 Å². The first-order valence-corrected chi connectivity index (χ1v) is 4.44. The first kappa shape index (κ1) is 12.2. The highest BCUT2D eigenvalue weighted by Gasteiger charge is 2.23. The fourth-order valence-electron chi connectivity index (χ4n) is 0.854. The van der Waals surface area contributed by atoms with Gasteiger partial charge < -0.3 is 4.84 Å². The molecule has 0 aromatic carbocycles. The zero-order valence-corrected chi connectivity index (χ0v) is 9.18. The molecule has 0 spiro atoms. The monoisotopic (exact) mass is 185 g/mol. The Kier molecular flexibility index (Phi) is 4.14. The Morgan fingerprint density at radius 1 is 1.46 bits per heavy atom. The normalized spacial score (nSPS) is 11.5. The van der Waals surface area contributed by atoms with E-state index in [1.807, 2.05) is 27.7 Å². The number of hydrogen-bond donors (Lipinski definition) is 0. The van der Waals surface area contributed by atoms with Gasteiger partial charge in [0.25, 0.3) is 0 Å². The number of carbonyl (C=O) groups is 1. The van der Waals surface area contributed by atoms with Gasteiger partial charge in [-0.15, -0.1) is 5.06 Å². The van der Waals surface area contributed by atoms with Gasteiger partial charge in [0.1, 0.15) is 0 Å². The lowest BCUT2D eigenvalue weighted by Crippen LogP contribution is -2.42. The summed E-state index contributed by atoms with van der Waals surface area (Å²) in [7, 11) is 0. The van der Waals surface area contributed by atoms with Crippen molar-refractivity contribution in [2.24, 2.45) is 0 Å². The summed E-state index contributed by atoms with van der Waals surface area (Å²) in [6.07, 6.45) is 0. The van der Waals surface area contributed by atoms with E-state index in [1.54, 1.807) is 12.0 Å². The van der Waals surface area contributed by atoms with Crippen molar-refractivity contribution in [3.63, 3.8) is 0 Å². The van der Waals surface area contributed by atoms with Crippen molar-refractivity contribution in [2.75, 3.05) is 6.54 Å². The molecule has 0 N–H and O–H groups in total. The molecule has 0 rings (SSSR count). The highest BCUT2D eigenvalue weighted by atomic mass is 16.7. The molecule has 3 nitrogen and oxygen atoms in total. The van der Waals surface area contributed by atoms with Crippen LogP contribution in [0, 0.1) is 0 Å². The second-order valence-electron chi connectivity index (χ2n) is 4.02. The van der Waals surface area contributed by atoms with E-state index in [1.165, 1.54) is 0 Å². The van der Waals surface area contributed by atoms with Crippen LogP contribution in [0.5, 0.6) is 0 Å². The molecule has 0 bridgehead atoms. The molecule has 0 saturated carbocycles. The van der Waals surface area contributed by atoms with E-state index in [0.29, 0.717) is 12.1 Å². The fraction of sp³-hybridized carbons (Fsp3) is 0.700. The van der Waals surface area contributed by atoms with E-state index in [-0.39, 0.29) is 11.5 Å². The van der Waals surface area contributed by atoms with Gasteiger partial charge >= 0.3 is 5.97 Å². The molecule has 0 atom stereocenters. The van der Waals surface area contributed by atoms with Gasteiger partial charge in [0.05, 0.1) is 0 Å². The topological polar surface area (TPSA) is 29.5 Å². The zero-order chi connectivity index (χ0) is 10.6. The summed E-state index contributed by atoms with van der Waals surface area (Å²) in [5, 5.41) is 1.64. The van der Waals surface area contributed by atoms with Crippen molar-refractivity contribution < 1.29 is 9.63 Å². The maximum atomic E-state index is 11.2. The minimum atomic E-state index is -0.364. The van der Waals surface area contributed by atoms with E-state index in [2.05, 4.69) is 6.58 Å². The molecule has 0 unspecified atom stereocenters. The quantitative estimate of drug-likeness (QED) is 0.498. The molecule has 0 aromatic heterocycles. The van der Waals surface area contributed by atoms with Gasteiger partial charge in [-0.2, -0.15) is 0 Å². The Balaban J connectivity index is 4.31. The third kappa shape index (κ3) is 4.08. The highest BCUT2D eigenvalue weighted by molar-refractivity contribution is 5.86. The van der Waals surface area contributed by atoms with E-state index < -0.39 is 0 Å². The first-order valence-electron chi connectivity index (χ1n) is 4.44. The summed E-state index contributed by atoms with van der Waals surface area (Å²) in [5.74, 6) is -0.364. The minimum absolute atomic E-state index is 0.167. The lowest BCUT2D eigenvalue weighted by molar-refractivity contribution is -0.208. The highest BCUT2D eigenvalue weighted by Crippen LogP contribution is 2.14. The first-order chi connectivity index (χ1) is 5.79. The van der Waals surface area contributed by atoms with Crippen LogP contribution in [0.25, 0.3) is 0 Å². The van der Waals surface area contributed by atoms with Crippen LogP contribution in [0.15, 0.2) is 12.2 Å². The van der Waals surface area contributed by atoms with Crippen LogP contribution in [0.3, 0.4) is 0 Å². The third-order valence-electron chi connectivity index (χ3n) is 1.58. The van der Waals surface area contributed by atoms with Crippen LogP contribution in [0.4, 0.5) is 0 Å². The molecule has 0 fully saturated rings. The Hall–Kier alpha value is -0.830. The van der Waals surface area contributed by atoms with E-state index >= 15 is 0 Å². The van der Waals surface area contributed by atoms with Gasteiger partial charge in [-0.25, -0.2) is 4.79 Å². The van der Waals surface area contributed by atoms with E-state index in [4.69, 9.17) is 4.84 Å².